The van der Waals surface area contributed by atoms with Gasteiger partial charge in [-0.05, 0) is 24.4 Å². The smallest absolute Gasteiger partial charge is 0.266 e. The highest BCUT2D eigenvalue weighted by atomic mass is 16.5. The van der Waals surface area contributed by atoms with Crippen LogP contribution in [0.3, 0.4) is 0 Å². The van der Waals surface area contributed by atoms with Gasteiger partial charge in [0, 0.05) is 19.6 Å². The lowest BCUT2D eigenvalue weighted by Crippen LogP contribution is -2.30. The molecule has 6 nitrogen and oxygen atoms in total. The molecule has 1 fully saturated rings. The van der Waals surface area contributed by atoms with Gasteiger partial charge in [-0.25, -0.2) is 0 Å². The minimum Gasteiger partial charge on any atom is -0.382 e. The van der Waals surface area contributed by atoms with Crippen LogP contribution in [0.5, 0.6) is 0 Å². The van der Waals surface area contributed by atoms with E-state index in [1.165, 1.54) is 6.42 Å². The summed E-state index contributed by atoms with van der Waals surface area (Å²) in [6, 6.07) is 0. The maximum Gasteiger partial charge on any atom is 0.266 e. The molecule has 15 heavy (non-hydrogen) atoms. The molecular weight excluding hydrogens is 196 g/mol. The maximum absolute atomic E-state index is 9.40. The lowest BCUT2D eigenvalue weighted by Gasteiger charge is -2.24. The lowest BCUT2D eigenvalue weighted by molar-refractivity contribution is 0.141. The molecule has 1 saturated heterocycles. The monoisotopic (exact) mass is 212 g/mol. The van der Waals surface area contributed by atoms with Crippen LogP contribution in [0, 0.1) is 0 Å². The van der Waals surface area contributed by atoms with Crippen molar-refractivity contribution in [3.05, 3.63) is 5.89 Å². The average Bonchev–Trinajstić information content (AvgIpc) is 2.78. The van der Waals surface area contributed by atoms with Crippen molar-refractivity contribution in [2.45, 2.75) is 25.4 Å². The lowest BCUT2D eigenvalue weighted by atomic mass is 10.1. The molecule has 0 spiro atoms. The third kappa shape index (κ3) is 2.27. The van der Waals surface area contributed by atoms with Gasteiger partial charge in [-0.15, -0.1) is 0 Å². The average molecular weight is 212 g/mol. The Morgan fingerprint density at radius 1 is 1.40 bits per heavy atom. The van der Waals surface area contributed by atoms with Crippen LogP contribution in [0.25, 0.3) is 0 Å². The number of piperidine rings is 1. The first kappa shape index (κ1) is 10.4. The summed E-state index contributed by atoms with van der Waals surface area (Å²) in [4.78, 5) is 6.19. The Hall–Kier alpha value is -1.14. The van der Waals surface area contributed by atoms with Crippen LogP contribution in [0.1, 0.15) is 31.3 Å². The quantitative estimate of drug-likeness (QED) is 0.736. The van der Waals surface area contributed by atoms with E-state index in [4.69, 9.17) is 10.3 Å². The van der Waals surface area contributed by atoms with Crippen LogP contribution in [0.15, 0.2) is 4.52 Å². The number of aromatic nitrogens is 2. The summed E-state index contributed by atoms with van der Waals surface area (Å²) in [5, 5.41) is 13.2. The van der Waals surface area contributed by atoms with E-state index in [9.17, 15) is 5.11 Å². The molecular formula is C9H16N4O2. The molecule has 3 N–H and O–H groups in total. The predicted molar refractivity (Wildman–Crippen MR) is 54.4 cm³/mol. The van der Waals surface area contributed by atoms with Gasteiger partial charge in [0.25, 0.3) is 11.8 Å². The number of nitrogens with two attached hydrogens (primary N) is 1. The largest absolute Gasteiger partial charge is 0.382 e. The van der Waals surface area contributed by atoms with Gasteiger partial charge in [0.15, 0.2) is 0 Å². The van der Waals surface area contributed by atoms with Gasteiger partial charge >= 0.3 is 0 Å². The highest BCUT2D eigenvalue weighted by Crippen LogP contribution is 2.18. The molecule has 2 rings (SSSR count). The fraction of sp³-hybridized carbons (Fsp3) is 0.778. The van der Waals surface area contributed by atoms with Gasteiger partial charge in [0.05, 0.1) is 0 Å². The SMILES string of the molecule is NC[C@H](O)c1nc(N2CCCCC2)no1. The van der Waals surface area contributed by atoms with Crippen molar-refractivity contribution in [3.8, 4) is 0 Å². The normalized spacial score (nSPS) is 19.2. The summed E-state index contributed by atoms with van der Waals surface area (Å²) in [6.45, 7) is 2.01. The van der Waals surface area contributed by atoms with E-state index in [2.05, 4.69) is 15.0 Å². The summed E-state index contributed by atoms with van der Waals surface area (Å²) >= 11 is 0. The van der Waals surface area contributed by atoms with Crippen molar-refractivity contribution in [1.29, 1.82) is 0 Å². The van der Waals surface area contributed by atoms with Crippen molar-refractivity contribution in [1.82, 2.24) is 10.1 Å². The molecule has 1 aliphatic heterocycles. The van der Waals surface area contributed by atoms with Gasteiger partial charge < -0.3 is 20.3 Å². The Kier molecular flexibility index (Phi) is 3.17. The minimum atomic E-state index is -0.851. The van der Waals surface area contributed by atoms with Gasteiger partial charge in [-0.1, -0.05) is 0 Å². The van der Waals surface area contributed by atoms with Crippen LogP contribution in [-0.4, -0.2) is 34.9 Å². The number of rotatable bonds is 3. The van der Waals surface area contributed by atoms with Crippen LogP contribution >= 0.6 is 0 Å². The van der Waals surface area contributed by atoms with Crippen molar-refractivity contribution in [2.24, 2.45) is 5.73 Å². The van der Waals surface area contributed by atoms with Crippen molar-refractivity contribution < 1.29 is 9.63 Å². The predicted octanol–water partition coefficient (Wildman–Crippen LogP) is 0.0520. The van der Waals surface area contributed by atoms with Gasteiger partial charge in [-0.3, -0.25) is 0 Å². The second-order valence-electron chi connectivity index (χ2n) is 3.73. The second-order valence-corrected chi connectivity index (χ2v) is 3.73. The van der Waals surface area contributed by atoms with Gasteiger partial charge in [-0.2, -0.15) is 4.98 Å². The van der Waals surface area contributed by atoms with E-state index in [0.717, 1.165) is 25.9 Å². The fourth-order valence-electron chi connectivity index (χ4n) is 1.69. The molecule has 0 saturated carbocycles. The van der Waals surface area contributed by atoms with E-state index in [0.29, 0.717) is 5.95 Å². The Balaban J connectivity index is 2.05. The molecule has 0 amide bonds. The third-order valence-corrected chi connectivity index (χ3v) is 2.58. The topological polar surface area (TPSA) is 88.4 Å². The number of hydrogen-bond acceptors (Lipinski definition) is 6. The summed E-state index contributed by atoms with van der Waals surface area (Å²) in [5.74, 6) is 0.773. The van der Waals surface area contributed by atoms with Crippen molar-refractivity contribution >= 4 is 5.95 Å². The molecule has 0 radical (unpaired) electrons. The zero-order valence-corrected chi connectivity index (χ0v) is 8.59. The van der Waals surface area contributed by atoms with Crippen LogP contribution < -0.4 is 10.6 Å². The van der Waals surface area contributed by atoms with Gasteiger partial charge in [0.1, 0.15) is 6.10 Å². The molecule has 1 aliphatic rings. The molecule has 84 valence electrons. The zero-order chi connectivity index (χ0) is 10.7. The Labute approximate surface area is 88.1 Å². The first-order valence-electron chi connectivity index (χ1n) is 5.28. The molecule has 1 aromatic heterocycles. The van der Waals surface area contributed by atoms with Crippen LogP contribution in [0.2, 0.25) is 0 Å². The summed E-state index contributed by atoms with van der Waals surface area (Å²) in [5.41, 5.74) is 5.30. The van der Waals surface area contributed by atoms with E-state index in [-0.39, 0.29) is 12.4 Å². The fourth-order valence-corrected chi connectivity index (χ4v) is 1.69. The molecule has 6 heteroatoms. The Morgan fingerprint density at radius 3 is 2.80 bits per heavy atom. The number of aliphatic hydroxyl groups excluding tert-OH is 1. The van der Waals surface area contributed by atoms with E-state index >= 15 is 0 Å². The number of anilines is 1. The summed E-state index contributed by atoms with van der Waals surface area (Å²) < 4.78 is 4.94. The van der Waals surface area contributed by atoms with Crippen LogP contribution in [0.4, 0.5) is 5.95 Å². The molecule has 2 heterocycles. The van der Waals surface area contributed by atoms with Gasteiger partial charge in [0.2, 0.25) is 0 Å². The standard InChI is InChI=1S/C9H16N4O2/c10-6-7(14)8-11-9(12-15-8)13-4-2-1-3-5-13/h7,14H,1-6,10H2/t7-/m0/s1. The van der Waals surface area contributed by atoms with E-state index in [1.54, 1.807) is 0 Å². The zero-order valence-electron chi connectivity index (χ0n) is 8.59. The van der Waals surface area contributed by atoms with Crippen molar-refractivity contribution in [2.75, 3.05) is 24.5 Å². The highest BCUT2D eigenvalue weighted by molar-refractivity contribution is 5.28. The second kappa shape index (κ2) is 4.59. The number of aliphatic hydroxyl groups is 1. The summed E-state index contributed by atoms with van der Waals surface area (Å²) in [7, 11) is 0. The summed E-state index contributed by atoms with van der Waals surface area (Å²) in [6.07, 6.45) is 2.72. The first-order chi connectivity index (χ1) is 7.31. The van der Waals surface area contributed by atoms with E-state index in [1.807, 2.05) is 0 Å². The molecule has 1 atom stereocenters. The molecule has 1 aromatic rings. The molecule has 0 bridgehead atoms. The van der Waals surface area contributed by atoms with Crippen LogP contribution in [-0.2, 0) is 0 Å². The Bertz CT molecular complexity index is 309. The first-order valence-corrected chi connectivity index (χ1v) is 5.28. The number of hydrogen-bond donors (Lipinski definition) is 2. The molecule has 0 aromatic carbocycles. The maximum atomic E-state index is 9.40. The molecule has 0 aliphatic carbocycles. The minimum absolute atomic E-state index is 0.0988. The molecule has 0 unspecified atom stereocenters. The van der Waals surface area contributed by atoms with Crippen molar-refractivity contribution in [3.63, 3.8) is 0 Å². The highest BCUT2D eigenvalue weighted by Gasteiger charge is 2.19. The Morgan fingerprint density at radius 2 is 2.13 bits per heavy atom. The third-order valence-electron chi connectivity index (χ3n) is 2.58. The number of nitrogens with zero attached hydrogens (tertiary/aromatic N) is 3. The van der Waals surface area contributed by atoms with E-state index < -0.39 is 6.10 Å².